The Hall–Kier alpha value is -2.54. The molecule has 6 nitrogen and oxygen atoms in total. The minimum absolute atomic E-state index is 0.0778. The van der Waals surface area contributed by atoms with Gasteiger partial charge in [0, 0.05) is 13.1 Å². The van der Waals surface area contributed by atoms with Crippen molar-refractivity contribution in [3.8, 4) is 5.75 Å². The molecule has 2 aromatic rings. The maximum atomic E-state index is 12.6. The molecule has 0 aromatic heterocycles. The van der Waals surface area contributed by atoms with Gasteiger partial charge in [-0.2, -0.15) is 0 Å². The number of carbonyl (C=O) groups excluding carboxylic acids is 1. The van der Waals surface area contributed by atoms with Crippen molar-refractivity contribution in [3.63, 3.8) is 0 Å². The lowest BCUT2D eigenvalue weighted by Gasteiger charge is -2.20. The minimum Gasteiger partial charge on any atom is -0.484 e. The largest absolute Gasteiger partial charge is 0.484 e. The molecule has 0 radical (unpaired) electrons. The van der Waals surface area contributed by atoms with E-state index in [4.69, 9.17) is 4.74 Å². The van der Waals surface area contributed by atoms with Crippen molar-refractivity contribution in [1.82, 2.24) is 5.32 Å². The molecule has 146 valence electrons. The summed E-state index contributed by atoms with van der Waals surface area (Å²) in [4.78, 5) is 12.1. The molecular formula is C20H26N2O4S. The third-order valence-electron chi connectivity index (χ3n) is 4.10. The molecule has 1 amide bonds. The zero-order chi connectivity index (χ0) is 19.9. The van der Waals surface area contributed by atoms with Crippen LogP contribution in [0.1, 0.15) is 26.7 Å². The van der Waals surface area contributed by atoms with E-state index in [9.17, 15) is 13.2 Å². The highest BCUT2D eigenvalue weighted by molar-refractivity contribution is 7.92. The fourth-order valence-corrected chi connectivity index (χ4v) is 3.83. The van der Waals surface area contributed by atoms with E-state index in [1.165, 1.54) is 11.4 Å². The van der Waals surface area contributed by atoms with Crippen molar-refractivity contribution in [3.05, 3.63) is 54.6 Å². The quantitative estimate of drug-likeness (QED) is 0.713. The molecule has 0 unspecified atom stereocenters. The number of hydrogen-bond donors (Lipinski definition) is 1. The summed E-state index contributed by atoms with van der Waals surface area (Å²) in [5.74, 6) is 0.325. The van der Waals surface area contributed by atoms with Crippen LogP contribution in [-0.4, -0.2) is 34.0 Å². The van der Waals surface area contributed by atoms with Crippen LogP contribution in [0.4, 0.5) is 5.69 Å². The van der Waals surface area contributed by atoms with Crippen LogP contribution >= 0.6 is 0 Å². The number of benzene rings is 2. The Labute approximate surface area is 161 Å². The van der Waals surface area contributed by atoms with Gasteiger partial charge in [0.15, 0.2) is 6.61 Å². The average molecular weight is 391 g/mol. The van der Waals surface area contributed by atoms with Crippen LogP contribution in [0.5, 0.6) is 5.75 Å². The second kappa shape index (κ2) is 9.41. The molecule has 0 fully saturated rings. The van der Waals surface area contributed by atoms with E-state index in [0.717, 1.165) is 12.8 Å². The lowest BCUT2D eigenvalue weighted by Crippen LogP contribution is -2.35. The molecule has 27 heavy (non-hydrogen) atoms. The molecule has 0 heterocycles. The Morgan fingerprint density at radius 2 is 1.74 bits per heavy atom. The Morgan fingerprint density at radius 1 is 1.11 bits per heavy atom. The average Bonchev–Trinajstić information content (AvgIpc) is 2.67. The van der Waals surface area contributed by atoms with Crippen LogP contribution in [0.2, 0.25) is 0 Å². The summed E-state index contributed by atoms with van der Waals surface area (Å²) in [6.45, 7) is 3.94. The van der Waals surface area contributed by atoms with Crippen molar-refractivity contribution in [1.29, 1.82) is 0 Å². The summed E-state index contributed by atoms with van der Waals surface area (Å²) >= 11 is 0. The highest BCUT2D eigenvalue weighted by Crippen LogP contribution is 2.24. The van der Waals surface area contributed by atoms with E-state index < -0.39 is 10.0 Å². The predicted octanol–water partition coefficient (Wildman–Crippen LogP) is 3.20. The van der Waals surface area contributed by atoms with Gasteiger partial charge in [-0.25, -0.2) is 8.42 Å². The van der Waals surface area contributed by atoms with Crippen LogP contribution in [0.3, 0.4) is 0 Å². The van der Waals surface area contributed by atoms with Crippen LogP contribution in [0.25, 0.3) is 0 Å². The number of nitrogens with zero attached hydrogens (tertiary/aromatic N) is 1. The summed E-state index contributed by atoms with van der Waals surface area (Å²) in [5.41, 5.74) is 0.507. The number of sulfonamides is 1. The Balaban J connectivity index is 1.97. The first-order chi connectivity index (χ1) is 12.8. The van der Waals surface area contributed by atoms with Crippen molar-refractivity contribution in [2.45, 2.75) is 37.6 Å². The lowest BCUT2D eigenvalue weighted by molar-refractivity contribution is -0.123. The molecule has 1 atom stereocenters. The van der Waals surface area contributed by atoms with Gasteiger partial charge in [0.2, 0.25) is 0 Å². The number of amides is 1. The predicted molar refractivity (Wildman–Crippen MR) is 106 cm³/mol. The number of anilines is 1. The van der Waals surface area contributed by atoms with Gasteiger partial charge in [0.05, 0.1) is 10.6 Å². The summed E-state index contributed by atoms with van der Waals surface area (Å²) in [5, 5.41) is 2.87. The molecule has 1 N–H and O–H groups in total. The smallest absolute Gasteiger partial charge is 0.264 e. The van der Waals surface area contributed by atoms with Gasteiger partial charge in [0.1, 0.15) is 5.75 Å². The summed E-state index contributed by atoms with van der Waals surface area (Å²) in [7, 11) is -2.12. The molecule has 0 bridgehead atoms. The van der Waals surface area contributed by atoms with E-state index in [2.05, 4.69) is 12.2 Å². The van der Waals surface area contributed by atoms with E-state index in [1.807, 2.05) is 6.92 Å². The fraction of sp³-hybridized carbons (Fsp3) is 0.350. The third-order valence-corrected chi connectivity index (χ3v) is 5.90. The molecule has 0 spiro atoms. The highest BCUT2D eigenvalue weighted by Gasteiger charge is 2.20. The maximum Gasteiger partial charge on any atom is 0.264 e. The molecule has 2 aromatic carbocycles. The molecule has 7 heteroatoms. The van der Waals surface area contributed by atoms with Crippen molar-refractivity contribution >= 4 is 21.6 Å². The summed E-state index contributed by atoms with van der Waals surface area (Å²) < 4.78 is 31.9. The third kappa shape index (κ3) is 5.72. The normalized spacial score (nSPS) is 12.3. The number of carbonyl (C=O) groups is 1. The van der Waals surface area contributed by atoms with Crippen molar-refractivity contribution in [2.24, 2.45) is 0 Å². The van der Waals surface area contributed by atoms with Gasteiger partial charge >= 0.3 is 0 Å². The van der Waals surface area contributed by atoms with Crippen molar-refractivity contribution < 1.29 is 17.9 Å². The molecular weight excluding hydrogens is 364 g/mol. The highest BCUT2D eigenvalue weighted by atomic mass is 32.2. The molecule has 0 aliphatic rings. The first-order valence-corrected chi connectivity index (χ1v) is 10.3. The number of nitrogens with one attached hydrogen (secondary N) is 1. The Morgan fingerprint density at radius 3 is 2.33 bits per heavy atom. The fourth-order valence-electron chi connectivity index (χ4n) is 2.61. The van der Waals surface area contributed by atoms with E-state index in [1.54, 1.807) is 54.6 Å². The van der Waals surface area contributed by atoms with Crippen LogP contribution in [0.15, 0.2) is 59.5 Å². The van der Waals surface area contributed by atoms with E-state index in [0.29, 0.717) is 11.4 Å². The Bertz CT molecular complexity index is 836. The topological polar surface area (TPSA) is 75.7 Å². The number of rotatable bonds is 9. The second-order valence-corrected chi connectivity index (χ2v) is 8.29. The van der Waals surface area contributed by atoms with Gasteiger partial charge in [-0.1, -0.05) is 31.5 Å². The zero-order valence-electron chi connectivity index (χ0n) is 15.9. The SMILES string of the molecule is CCC[C@H](C)NC(=O)COc1ccc(N(C)S(=O)(=O)c2ccccc2)cc1. The summed E-state index contributed by atoms with van der Waals surface area (Å²) in [6.07, 6.45) is 1.92. The first kappa shape index (κ1) is 20.8. The monoisotopic (exact) mass is 390 g/mol. The lowest BCUT2D eigenvalue weighted by atomic mass is 10.2. The molecule has 2 rings (SSSR count). The first-order valence-electron chi connectivity index (χ1n) is 8.90. The molecule has 0 aliphatic heterocycles. The number of ether oxygens (including phenoxy) is 1. The molecule has 0 saturated carbocycles. The van der Waals surface area contributed by atoms with Crippen LogP contribution < -0.4 is 14.4 Å². The zero-order valence-corrected chi connectivity index (χ0v) is 16.7. The van der Waals surface area contributed by atoms with E-state index >= 15 is 0 Å². The number of hydrogen-bond acceptors (Lipinski definition) is 4. The van der Waals surface area contributed by atoms with Gasteiger partial charge in [-0.3, -0.25) is 9.10 Å². The molecule has 0 saturated heterocycles. The second-order valence-electron chi connectivity index (χ2n) is 6.33. The van der Waals surface area contributed by atoms with E-state index in [-0.39, 0.29) is 23.5 Å². The summed E-state index contributed by atoms with van der Waals surface area (Å²) in [6, 6.07) is 15.0. The van der Waals surface area contributed by atoms with Crippen LogP contribution in [0, 0.1) is 0 Å². The van der Waals surface area contributed by atoms with Gasteiger partial charge in [-0.15, -0.1) is 0 Å². The van der Waals surface area contributed by atoms with Crippen molar-refractivity contribution in [2.75, 3.05) is 18.0 Å². The van der Waals surface area contributed by atoms with Gasteiger partial charge in [0.25, 0.3) is 15.9 Å². The van der Waals surface area contributed by atoms with Gasteiger partial charge < -0.3 is 10.1 Å². The maximum absolute atomic E-state index is 12.6. The van der Waals surface area contributed by atoms with Crippen LogP contribution in [-0.2, 0) is 14.8 Å². The standard InChI is InChI=1S/C20H26N2O4S/c1-4-8-16(2)21-20(23)15-26-18-13-11-17(12-14-18)22(3)27(24,25)19-9-6-5-7-10-19/h5-7,9-14,16H,4,8,15H2,1-3H3,(H,21,23)/t16-/m0/s1. The Kier molecular flexibility index (Phi) is 7.24. The minimum atomic E-state index is -3.62. The molecule has 0 aliphatic carbocycles. The van der Waals surface area contributed by atoms with Gasteiger partial charge in [-0.05, 0) is 49.7 Å².